The molecule has 3 atom stereocenters. The number of methoxy groups -OCH3 is 1. The van der Waals surface area contributed by atoms with E-state index < -0.39 is 17.3 Å². The van der Waals surface area contributed by atoms with E-state index in [4.69, 9.17) is 4.74 Å². The predicted molar refractivity (Wildman–Crippen MR) is 136 cm³/mol. The summed E-state index contributed by atoms with van der Waals surface area (Å²) < 4.78 is 5.65. The van der Waals surface area contributed by atoms with Gasteiger partial charge in [-0.2, -0.15) is 0 Å². The summed E-state index contributed by atoms with van der Waals surface area (Å²) in [4.78, 5) is 28.5. The van der Waals surface area contributed by atoms with Crippen LogP contribution in [-0.4, -0.2) is 23.8 Å². The molecule has 1 N–H and O–H groups in total. The summed E-state index contributed by atoms with van der Waals surface area (Å²) >= 11 is 0. The third-order valence-corrected chi connectivity index (χ3v) is 7.32. The largest absolute Gasteiger partial charge is 0.508 e. The Hall–Kier alpha value is -4.18. The number of hydrogen-bond acceptors (Lipinski definition) is 4. The van der Waals surface area contributed by atoms with Gasteiger partial charge in [-0.15, -0.1) is 0 Å². The first-order valence-electron chi connectivity index (χ1n) is 11.6. The molecule has 3 aromatic rings. The molecule has 3 unspecified atom stereocenters. The second kappa shape index (κ2) is 8.88. The van der Waals surface area contributed by atoms with Crippen molar-refractivity contribution in [2.45, 2.75) is 17.8 Å². The zero-order chi connectivity index (χ0) is 24.6. The Bertz CT molecular complexity index is 1370. The highest BCUT2D eigenvalue weighted by atomic mass is 16.5. The summed E-state index contributed by atoms with van der Waals surface area (Å²) in [5, 5.41) is 11.1. The molecule has 4 nitrogen and oxygen atoms in total. The minimum Gasteiger partial charge on any atom is -0.508 e. The minimum absolute atomic E-state index is 0.0103. The number of aromatic hydroxyl groups is 1. The van der Waals surface area contributed by atoms with E-state index in [0.717, 1.165) is 16.7 Å². The molecule has 0 amide bonds. The van der Waals surface area contributed by atoms with Crippen LogP contribution in [0.3, 0.4) is 0 Å². The maximum atomic E-state index is 14.4. The van der Waals surface area contributed by atoms with E-state index in [0.29, 0.717) is 23.3 Å². The van der Waals surface area contributed by atoms with Gasteiger partial charge < -0.3 is 9.84 Å². The van der Waals surface area contributed by atoms with Gasteiger partial charge in [0, 0.05) is 23.0 Å². The molecule has 0 radical (unpaired) electrons. The van der Waals surface area contributed by atoms with Gasteiger partial charge >= 0.3 is 0 Å². The molecule has 5 rings (SSSR count). The number of benzene rings is 3. The molecule has 0 saturated carbocycles. The first-order valence-corrected chi connectivity index (χ1v) is 11.6. The summed E-state index contributed by atoms with van der Waals surface area (Å²) in [5.41, 5.74) is 1.87. The number of rotatable bonds is 5. The topological polar surface area (TPSA) is 63.6 Å². The summed E-state index contributed by atoms with van der Waals surface area (Å²) in [5.74, 6) is -1.11. The molecule has 0 aromatic heterocycles. The highest BCUT2D eigenvalue weighted by Crippen LogP contribution is 2.59. The average molecular weight is 463 g/mol. The molecule has 0 aliphatic heterocycles. The third-order valence-electron chi connectivity index (χ3n) is 7.32. The first-order chi connectivity index (χ1) is 17.0. The average Bonchev–Trinajstić information content (AvgIpc) is 2.90. The van der Waals surface area contributed by atoms with Crippen molar-refractivity contribution in [1.82, 2.24) is 0 Å². The van der Waals surface area contributed by atoms with E-state index in [9.17, 15) is 14.7 Å². The van der Waals surface area contributed by atoms with Crippen LogP contribution in [0.2, 0.25) is 0 Å². The molecule has 35 heavy (non-hydrogen) atoms. The molecule has 3 aromatic carbocycles. The zero-order valence-corrected chi connectivity index (χ0v) is 19.5. The number of carbonyl (C=O) groups excluding carboxylic acids is 2. The van der Waals surface area contributed by atoms with Crippen molar-refractivity contribution in [3.05, 3.63) is 126 Å². The fourth-order valence-electron chi connectivity index (χ4n) is 5.82. The molecule has 0 fully saturated rings. The van der Waals surface area contributed by atoms with Crippen LogP contribution in [0.1, 0.15) is 29.0 Å². The first kappa shape index (κ1) is 22.6. The molecule has 2 aliphatic carbocycles. The lowest BCUT2D eigenvalue weighted by atomic mass is 9.49. The summed E-state index contributed by atoms with van der Waals surface area (Å²) in [6.07, 6.45) is 5.56. The van der Waals surface area contributed by atoms with E-state index >= 15 is 0 Å². The Kier molecular flexibility index (Phi) is 5.73. The number of hydrogen-bond donors (Lipinski definition) is 1. The van der Waals surface area contributed by atoms with Crippen LogP contribution in [0.25, 0.3) is 5.57 Å². The normalized spacial score (nSPS) is 23.7. The van der Waals surface area contributed by atoms with Crippen LogP contribution < -0.4 is 4.74 Å². The molecule has 0 bridgehead atoms. The number of ketones is 2. The maximum absolute atomic E-state index is 14.4. The van der Waals surface area contributed by atoms with Crippen molar-refractivity contribution in [2.75, 3.05) is 7.11 Å². The van der Waals surface area contributed by atoms with Crippen molar-refractivity contribution in [2.24, 2.45) is 5.92 Å². The van der Waals surface area contributed by atoms with Gasteiger partial charge in [0.05, 0.1) is 12.5 Å². The molecule has 174 valence electrons. The van der Waals surface area contributed by atoms with E-state index in [2.05, 4.69) is 6.58 Å². The van der Waals surface area contributed by atoms with Crippen LogP contribution in [0.5, 0.6) is 11.5 Å². The van der Waals surface area contributed by atoms with Crippen LogP contribution in [0.4, 0.5) is 0 Å². The van der Waals surface area contributed by atoms with E-state index in [1.807, 2.05) is 66.7 Å². The monoisotopic (exact) mass is 462 g/mol. The predicted octanol–water partition coefficient (Wildman–Crippen LogP) is 5.79. The van der Waals surface area contributed by atoms with Crippen LogP contribution in [0, 0.1) is 5.92 Å². The Labute approximate surface area is 204 Å². The van der Waals surface area contributed by atoms with Gasteiger partial charge in [-0.05, 0) is 41.3 Å². The molecular weight excluding hydrogens is 436 g/mol. The number of Topliss-reactive ketones (excluding diaryl/α,β-unsaturated/α-hetero) is 1. The Morgan fingerprint density at radius 1 is 0.971 bits per heavy atom. The Balaban J connectivity index is 1.86. The molecular formula is C31H26O4. The minimum atomic E-state index is -1.26. The number of ether oxygens (including phenoxy) is 1. The summed E-state index contributed by atoms with van der Waals surface area (Å²) in [6, 6.07) is 23.8. The number of fused-ring (bicyclic) bond motifs is 1. The second-order valence-electron chi connectivity index (χ2n) is 8.91. The number of phenols is 1. The van der Waals surface area contributed by atoms with Gasteiger partial charge in [-0.1, -0.05) is 85.5 Å². The van der Waals surface area contributed by atoms with Crippen molar-refractivity contribution < 1.29 is 19.4 Å². The Morgan fingerprint density at radius 3 is 2.31 bits per heavy atom. The smallest absolute Gasteiger partial charge is 0.168 e. The lowest BCUT2D eigenvalue weighted by Gasteiger charge is -2.50. The summed E-state index contributed by atoms with van der Waals surface area (Å²) in [6.45, 7) is 4.01. The fourth-order valence-corrected chi connectivity index (χ4v) is 5.82. The third kappa shape index (κ3) is 3.36. The van der Waals surface area contributed by atoms with Gasteiger partial charge in [0.25, 0.3) is 0 Å². The lowest BCUT2D eigenvalue weighted by molar-refractivity contribution is -0.131. The number of phenolic OH excluding ortho intramolecular Hbond substituents is 1. The van der Waals surface area contributed by atoms with Gasteiger partial charge in [-0.25, -0.2) is 0 Å². The van der Waals surface area contributed by atoms with Gasteiger partial charge in [0.15, 0.2) is 11.6 Å². The maximum Gasteiger partial charge on any atom is 0.168 e. The quantitative estimate of drug-likeness (QED) is 0.521. The standard InChI is InChI=1S/C31H26O4/c1-3-20-17-18-24-30(34)23(21-11-6-4-7-12-21)19-27(33)31(24,22-13-8-5-9-14-22)29(20)28-25(32)15-10-16-26(28)35-2/h3-17,19,24,29,32H,1,18H2,2H3. The van der Waals surface area contributed by atoms with Gasteiger partial charge in [0.2, 0.25) is 0 Å². The molecule has 0 spiro atoms. The van der Waals surface area contributed by atoms with Crippen LogP contribution >= 0.6 is 0 Å². The van der Waals surface area contributed by atoms with E-state index in [-0.39, 0.29) is 17.3 Å². The second-order valence-corrected chi connectivity index (χ2v) is 8.91. The SMILES string of the molecule is C=CC1=CCC2C(=O)C(c3ccccc3)=CC(=O)C2(c2ccccc2)C1c1c(O)cccc1OC. The van der Waals surface area contributed by atoms with E-state index in [1.165, 1.54) is 13.2 Å². The van der Waals surface area contributed by atoms with Gasteiger partial charge in [0.1, 0.15) is 11.5 Å². The van der Waals surface area contributed by atoms with Gasteiger partial charge in [-0.3, -0.25) is 9.59 Å². The molecule has 2 aliphatic rings. The molecule has 0 heterocycles. The highest BCUT2D eigenvalue weighted by Gasteiger charge is 2.60. The van der Waals surface area contributed by atoms with E-state index in [1.54, 1.807) is 24.3 Å². The fraction of sp³-hybridized carbons (Fsp3) is 0.161. The molecule has 4 heteroatoms. The van der Waals surface area contributed by atoms with Crippen molar-refractivity contribution >= 4 is 17.1 Å². The van der Waals surface area contributed by atoms with Crippen LogP contribution in [-0.2, 0) is 15.0 Å². The number of carbonyl (C=O) groups is 2. The highest BCUT2D eigenvalue weighted by molar-refractivity contribution is 6.31. The van der Waals surface area contributed by atoms with Crippen molar-refractivity contribution in [3.63, 3.8) is 0 Å². The molecule has 0 saturated heterocycles. The zero-order valence-electron chi connectivity index (χ0n) is 19.5. The number of allylic oxidation sites excluding steroid dienone is 5. The lowest BCUT2D eigenvalue weighted by Crippen LogP contribution is -2.54. The van der Waals surface area contributed by atoms with Crippen LogP contribution in [0.15, 0.2) is 109 Å². The summed E-state index contributed by atoms with van der Waals surface area (Å²) in [7, 11) is 1.53. The van der Waals surface area contributed by atoms with Crippen molar-refractivity contribution in [1.29, 1.82) is 0 Å². The van der Waals surface area contributed by atoms with Crippen molar-refractivity contribution in [3.8, 4) is 11.5 Å². The Morgan fingerprint density at radius 2 is 1.66 bits per heavy atom.